The molecule has 12 heteroatoms. The van der Waals surface area contributed by atoms with Gasteiger partial charge < -0.3 is 20.1 Å². The molecule has 1 aliphatic rings. The lowest BCUT2D eigenvalue weighted by Crippen LogP contribution is -2.38. The van der Waals surface area contributed by atoms with Gasteiger partial charge in [0.2, 0.25) is 11.8 Å². The van der Waals surface area contributed by atoms with E-state index in [0.717, 1.165) is 37.9 Å². The summed E-state index contributed by atoms with van der Waals surface area (Å²) >= 11 is 8.34. The van der Waals surface area contributed by atoms with E-state index in [-0.39, 0.29) is 27.6 Å². The van der Waals surface area contributed by atoms with Gasteiger partial charge in [0, 0.05) is 30.5 Å². The van der Waals surface area contributed by atoms with Crippen LogP contribution in [-0.2, 0) is 0 Å². The lowest BCUT2D eigenvalue weighted by atomic mass is 10.1. The predicted octanol–water partition coefficient (Wildman–Crippen LogP) is 6.61. The Kier molecular flexibility index (Phi) is 7.81. The van der Waals surface area contributed by atoms with Crippen LogP contribution < -0.4 is 20.1 Å². The molecule has 0 bridgehead atoms. The first-order chi connectivity index (χ1) is 17.6. The molecule has 2 aromatic carbocycles. The number of thiazole rings is 1. The molecule has 0 amide bonds. The first-order valence-corrected chi connectivity index (χ1v) is 13.2. The molecule has 1 saturated heterocycles. The minimum atomic E-state index is -0.603. The Hall–Kier alpha value is -2.99. The number of benzene rings is 2. The number of piperidine rings is 1. The third kappa shape index (κ3) is 5.86. The molecule has 186 valence electrons. The maximum absolute atomic E-state index is 14.8. The molecule has 4 aromatic rings. The maximum atomic E-state index is 14.8. The summed E-state index contributed by atoms with van der Waals surface area (Å²) in [6.07, 6.45) is 3.82. The van der Waals surface area contributed by atoms with E-state index in [1.165, 1.54) is 35.6 Å². The molecule has 7 nitrogen and oxygen atoms in total. The Balaban J connectivity index is 1.28. The summed E-state index contributed by atoms with van der Waals surface area (Å²) in [6.45, 7) is 1.88. The molecule has 36 heavy (non-hydrogen) atoms. The zero-order chi connectivity index (χ0) is 24.9. The van der Waals surface area contributed by atoms with Crippen molar-refractivity contribution in [3.63, 3.8) is 0 Å². The molecule has 0 saturated carbocycles. The van der Waals surface area contributed by atoms with Crippen LogP contribution in [0.15, 0.2) is 59.1 Å². The van der Waals surface area contributed by atoms with Crippen LogP contribution in [0.3, 0.4) is 0 Å². The monoisotopic (exact) mass is 546 g/mol. The summed E-state index contributed by atoms with van der Waals surface area (Å²) in [5.74, 6) is -0.294. The summed E-state index contributed by atoms with van der Waals surface area (Å²) < 4.78 is 37.5. The van der Waals surface area contributed by atoms with Gasteiger partial charge in [-0.15, -0.1) is 11.3 Å². The topological polar surface area (TPSA) is 84.0 Å². The Morgan fingerprint density at radius 1 is 1.14 bits per heavy atom. The van der Waals surface area contributed by atoms with Gasteiger partial charge in [-0.3, -0.25) is 0 Å². The minimum Gasteiger partial charge on any atom is -0.434 e. The van der Waals surface area contributed by atoms with Gasteiger partial charge in [-0.1, -0.05) is 17.7 Å². The molecule has 2 aromatic heterocycles. The summed E-state index contributed by atoms with van der Waals surface area (Å²) in [7, 11) is 0. The van der Waals surface area contributed by atoms with Crippen LogP contribution in [0.2, 0.25) is 5.02 Å². The van der Waals surface area contributed by atoms with Crippen LogP contribution in [0.5, 0.6) is 11.6 Å². The number of halogens is 3. The van der Waals surface area contributed by atoms with Crippen molar-refractivity contribution >= 4 is 46.5 Å². The third-order valence-corrected chi connectivity index (χ3v) is 7.60. The molecule has 0 spiro atoms. The first-order valence-electron chi connectivity index (χ1n) is 11.2. The third-order valence-electron chi connectivity index (χ3n) is 5.38. The van der Waals surface area contributed by atoms with E-state index in [0.29, 0.717) is 22.2 Å². The second kappa shape index (κ2) is 11.4. The van der Waals surface area contributed by atoms with E-state index in [1.807, 2.05) is 0 Å². The number of anilines is 2. The van der Waals surface area contributed by atoms with Crippen molar-refractivity contribution < 1.29 is 13.5 Å². The van der Waals surface area contributed by atoms with Gasteiger partial charge in [0.25, 0.3) is 0 Å². The van der Waals surface area contributed by atoms with Gasteiger partial charge in [-0.25, -0.2) is 23.7 Å². The summed E-state index contributed by atoms with van der Waals surface area (Å²) in [6, 6.07) is 10.8. The van der Waals surface area contributed by atoms with Gasteiger partial charge in [0.1, 0.15) is 10.7 Å². The Morgan fingerprint density at radius 3 is 2.86 bits per heavy atom. The molecule has 3 N–H and O–H groups in total. The van der Waals surface area contributed by atoms with E-state index in [9.17, 15) is 8.78 Å². The summed E-state index contributed by atoms with van der Waals surface area (Å²) in [4.78, 5) is 14.1. The quantitative estimate of drug-likeness (QED) is 0.213. The van der Waals surface area contributed by atoms with Crippen LogP contribution in [0.1, 0.15) is 12.8 Å². The van der Waals surface area contributed by atoms with Crippen molar-refractivity contribution in [3.8, 4) is 22.2 Å². The average Bonchev–Trinajstić information content (AvgIpc) is 3.34. The lowest BCUT2D eigenvalue weighted by Gasteiger charge is -2.23. The zero-order valence-corrected chi connectivity index (χ0v) is 21.2. The van der Waals surface area contributed by atoms with Gasteiger partial charge in [0.05, 0.1) is 21.1 Å². The van der Waals surface area contributed by atoms with Crippen molar-refractivity contribution in [2.24, 2.45) is 0 Å². The number of ether oxygens (including phenoxy) is 1. The average molecular weight is 547 g/mol. The van der Waals surface area contributed by atoms with Crippen LogP contribution in [0.25, 0.3) is 10.6 Å². The number of nitrogens with one attached hydrogen (secondary N) is 3. The first kappa shape index (κ1) is 24.7. The van der Waals surface area contributed by atoms with E-state index in [4.69, 9.17) is 16.3 Å². The molecule has 1 atom stereocenters. The Morgan fingerprint density at radius 2 is 2.06 bits per heavy atom. The molecule has 5 rings (SSSR count). The second-order valence-electron chi connectivity index (χ2n) is 7.94. The number of aromatic nitrogens is 3. The normalized spacial score (nSPS) is 15.5. The van der Waals surface area contributed by atoms with Crippen LogP contribution in [-0.4, -0.2) is 34.1 Å². The largest absolute Gasteiger partial charge is 0.434 e. The van der Waals surface area contributed by atoms with Gasteiger partial charge in [0.15, 0.2) is 11.6 Å². The predicted molar refractivity (Wildman–Crippen MR) is 140 cm³/mol. The number of rotatable bonds is 8. The number of nitrogens with zero attached hydrogens (tertiary/aromatic N) is 3. The second-order valence-corrected chi connectivity index (χ2v) is 10.0. The SMILES string of the molecule is Fc1cc(NSc2c(F)cccc2Cl)ccc1Oc1ncsc1-c1ccnc(NC2CCCNC2)n1. The molecule has 1 unspecified atom stereocenters. The standard InChI is InChI=1S/C24H21ClF2N6OS2/c25-16-4-1-5-17(26)21(16)36-33-14-6-7-20(18(27)11-14)34-23-22(35-13-30-23)19-8-10-29-24(32-19)31-15-3-2-9-28-12-15/h1,4-8,10-11,13,15,28,33H,2-3,9,12H2,(H,29,31,32). The molecule has 1 fully saturated rings. The van der Waals surface area contributed by atoms with Crippen molar-refractivity contribution in [2.45, 2.75) is 23.8 Å². The van der Waals surface area contributed by atoms with Gasteiger partial charge in [-0.05, 0) is 61.7 Å². The van der Waals surface area contributed by atoms with Crippen LogP contribution >= 0.6 is 34.9 Å². The van der Waals surface area contributed by atoms with Crippen molar-refractivity contribution in [1.82, 2.24) is 20.3 Å². The van der Waals surface area contributed by atoms with Crippen molar-refractivity contribution in [1.29, 1.82) is 0 Å². The minimum absolute atomic E-state index is 0.00214. The summed E-state index contributed by atoms with van der Waals surface area (Å²) in [5, 5.41) is 6.98. The fourth-order valence-electron chi connectivity index (χ4n) is 3.63. The smallest absolute Gasteiger partial charge is 0.239 e. The van der Waals surface area contributed by atoms with E-state index in [1.54, 1.807) is 29.9 Å². The molecular formula is C24H21ClF2N6OS2. The highest BCUT2D eigenvalue weighted by Gasteiger charge is 2.18. The fourth-order valence-corrected chi connectivity index (χ4v) is 5.27. The Bertz CT molecular complexity index is 1330. The Labute approximate surface area is 219 Å². The number of hydrogen-bond acceptors (Lipinski definition) is 9. The van der Waals surface area contributed by atoms with Gasteiger partial charge >= 0.3 is 0 Å². The fraction of sp³-hybridized carbons (Fsp3) is 0.208. The summed E-state index contributed by atoms with van der Waals surface area (Å²) in [5.41, 5.74) is 2.67. The van der Waals surface area contributed by atoms with Gasteiger partial charge in [-0.2, -0.15) is 0 Å². The zero-order valence-electron chi connectivity index (χ0n) is 18.8. The molecule has 1 aliphatic heterocycles. The molecule has 0 aliphatic carbocycles. The highest BCUT2D eigenvalue weighted by atomic mass is 35.5. The van der Waals surface area contributed by atoms with Crippen LogP contribution in [0, 0.1) is 11.6 Å². The van der Waals surface area contributed by atoms with Crippen LogP contribution in [0.4, 0.5) is 20.4 Å². The highest BCUT2D eigenvalue weighted by Crippen LogP contribution is 2.37. The van der Waals surface area contributed by atoms with E-state index >= 15 is 0 Å². The molecule has 0 radical (unpaired) electrons. The van der Waals surface area contributed by atoms with Crippen molar-refractivity contribution in [2.75, 3.05) is 23.1 Å². The van der Waals surface area contributed by atoms with E-state index < -0.39 is 11.6 Å². The highest BCUT2D eigenvalue weighted by molar-refractivity contribution is 8.00. The lowest BCUT2D eigenvalue weighted by molar-refractivity contribution is 0.431. The molecule has 3 heterocycles. The van der Waals surface area contributed by atoms with Crippen molar-refractivity contribution in [3.05, 3.63) is 70.8 Å². The molecular weight excluding hydrogens is 526 g/mol. The maximum Gasteiger partial charge on any atom is 0.239 e. The van der Waals surface area contributed by atoms with E-state index in [2.05, 4.69) is 30.3 Å². The number of hydrogen-bond donors (Lipinski definition) is 3.